The fourth-order valence-electron chi connectivity index (χ4n) is 2.16. The predicted molar refractivity (Wildman–Crippen MR) is 83.3 cm³/mol. The summed E-state index contributed by atoms with van der Waals surface area (Å²) in [6.07, 6.45) is -0.275. The van der Waals surface area contributed by atoms with Gasteiger partial charge in [-0.15, -0.1) is 0 Å². The third-order valence-electron chi connectivity index (χ3n) is 3.22. The number of nitrogens with one attached hydrogen (secondary N) is 2. The number of oxime groups is 1. The minimum Gasteiger partial charge on any atom is -0.382 e. The van der Waals surface area contributed by atoms with Crippen LogP contribution in [-0.2, 0) is 14.4 Å². The Balaban J connectivity index is 1.77. The lowest BCUT2D eigenvalue weighted by Gasteiger charge is -2.11. The number of nitrogens with zero attached hydrogens (tertiary/aromatic N) is 1. The van der Waals surface area contributed by atoms with Crippen LogP contribution in [0.5, 0.6) is 0 Å². The van der Waals surface area contributed by atoms with E-state index < -0.39 is 6.10 Å². The van der Waals surface area contributed by atoms with Gasteiger partial charge in [0.25, 0.3) is 5.91 Å². The van der Waals surface area contributed by atoms with Crippen LogP contribution in [0.15, 0.2) is 29.4 Å². The summed E-state index contributed by atoms with van der Waals surface area (Å²) in [5.41, 5.74) is 1.12. The Morgan fingerprint density at radius 1 is 1.43 bits per heavy atom. The van der Waals surface area contributed by atoms with Crippen molar-refractivity contribution in [3.63, 3.8) is 0 Å². The highest BCUT2D eigenvalue weighted by atomic mass is 19.1. The number of amides is 2. The van der Waals surface area contributed by atoms with E-state index in [0.717, 1.165) is 0 Å². The van der Waals surface area contributed by atoms with Gasteiger partial charge in [0.2, 0.25) is 12.0 Å². The number of hydrogen-bond donors (Lipinski definition) is 2. The van der Waals surface area contributed by atoms with Gasteiger partial charge in [-0.25, -0.2) is 4.39 Å². The topological polar surface area (TPSA) is 79.8 Å². The second kappa shape index (κ2) is 7.71. The van der Waals surface area contributed by atoms with Crippen LogP contribution in [0.25, 0.3) is 0 Å². The molecule has 0 aliphatic carbocycles. The predicted octanol–water partition coefficient (Wildman–Crippen LogP) is 1.35. The zero-order valence-corrected chi connectivity index (χ0v) is 13.1. The van der Waals surface area contributed by atoms with E-state index >= 15 is 0 Å². The molecular weight excluding hydrogens is 301 g/mol. The summed E-state index contributed by atoms with van der Waals surface area (Å²) in [6, 6.07) is 6.04. The zero-order chi connectivity index (χ0) is 16.8. The Hall–Kier alpha value is -2.44. The maximum absolute atomic E-state index is 13.2. The molecule has 1 aromatic rings. The first-order chi connectivity index (χ1) is 11.0. The normalized spacial score (nSPS) is 16.7. The zero-order valence-electron chi connectivity index (χ0n) is 13.1. The molecule has 6 nitrogen and oxygen atoms in total. The number of carbonyl (C=O) groups is 2. The van der Waals surface area contributed by atoms with Crippen molar-refractivity contribution in [3.05, 3.63) is 35.6 Å². The summed E-state index contributed by atoms with van der Waals surface area (Å²) in [5.74, 6) is -0.823. The quantitative estimate of drug-likeness (QED) is 0.830. The van der Waals surface area contributed by atoms with E-state index in [2.05, 4.69) is 15.8 Å². The van der Waals surface area contributed by atoms with Gasteiger partial charge in [-0.05, 0) is 26.0 Å². The van der Waals surface area contributed by atoms with Crippen LogP contribution in [-0.4, -0.2) is 36.2 Å². The van der Waals surface area contributed by atoms with Gasteiger partial charge in [0.15, 0.2) is 0 Å². The van der Waals surface area contributed by atoms with Gasteiger partial charge < -0.3 is 15.5 Å². The van der Waals surface area contributed by atoms with Crippen LogP contribution < -0.4 is 10.6 Å². The molecule has 0 spiro atoms. The molecule has 0 bridgehead atoms. The lowest BCUT2D eigenvalue weighted by Crippen LogP contribution is -2.38. The van der Waals surface area contributed by atoms with Crippen LogP contribution in [0.3, 0.4) is 0 Å². The number of rotatable bonds is 6. The molecule has 0 radical (unpaired) electrons. The molecule has 124 valence electrons. The van der Waals surface area contributed by atoms with Crippen LogP contribution in [0.4, 0.5) is 4.39 Å². The van der Waals surface area contributed by atoms with Crippen LogP contribution in [0, 0.1) is 5.82 Å². The monoisotopic (exact) mass is 321 g/mol. The smallest absolute Gasteiger partial charge is 0.264 e. The van der Waals surface area contributed by atoms with Crippen molar-refractivity contribution >= 4 is 17.5 Å². The van der Waals surface area contributed by atoms with Crippen LogP contribution >= 0.6 is 0 Å². The Bertz CT molecular complexity index is 616. The number of carbonyl (C=O) groups excluding carboxylic acids is 2. The first-order valence-electron chi connectivity index (χ1n) is 7.51. The Kier molecular flexibility index (Phi) is 5.67. The van der Waals surface area contributed by atoms with Gasteiger partial charge in [0, 0.05) is 31.0 Å². The van der Waals surface area contributed by atoms with E-state index in [0.29, 0.717) is 11.3 Å². The molecule has 23 heavy (non-hydrogen) atoms. The van der Waals surface area contributed by atoms with Crippen molar-refractivity contribution in [2.75, 3.05) is 6.54 Å². The van der Waals surface area contributed by atoms with E-state index in [1.54, 1.807) is 12.1 Å². The summed E-state index contributed by atoms with van der Waals surface area (Å²) < 4.78 is 13.2. The Labute approximate surface area is 134 Å². The highest BCUT2D eigenvalue weighted by molar-refractivity contribution is 6.04. The highest BCUT2D eigenvalue weighted by Gasteiger charge is 2.28. The molecule has 0 saturated heterocycles. The van der Waals surface area contributed by atoms with Crippen molar-refractivity contribution in [1.82, 2.24) is 10.6 Å². The molecule has 0 saturated carbocycles. The summed E-state index contributed by atoms with van der Waals surface area (Å²) in [4.78, 5) is 28.5. The Morgan fingerprint density at radius 3 is 2.91 bits per heavy atom. The molecule has 0 unspecified atom stereocenters. The van der Waals surface area contributed by atoms with E-state index in [9.17, 15) is 14.0 Å². The maximum Gasteiger partial charge on any atom is 0.264 e. The molecule has 1 aliphatic rings. The standard InChI is InChI=1S/C16H20FN3O3/c1-10(2)19-15(21)6-7-18-16(22)14-9-13(20-23-14)11-4-3-5-12(17)8-11/h3-5,8,10,14H,6-7,9H2,1-2H3,(H,18,22)(H,19,21)/t14-/m1/s1. The largest absolute Gasteiger partial charge is 0.382 e. The summed E-state index contributed by atoms with van der Waals surface area (Å²) in [6.45, 7) is 3.97. The fourth-order valence-corrected chi connectivity index (χ4v) is 2.16. The van der Waals surface area contributed by atoms with Crippen molar-refractivity contribution in [2.45, 2.75) is 38.8 Å². The van der Waals surface area contributed by atoms with E-state index in [4.69, 9.17) is 4.84 Å². The molecule has 2 N–H and O–H groups in total. The number of halogens is 1. The fraction of sp³-hybridized carbons (Fsp3) is 0.438. The second-order valence-corrected chi connectivity index (χ2v) is 5.61. The highest BCUT2D eigenvalue weighted by Crippen LogP contribution is 2.17. The van der Waals surface area contributed by atoms with Crippen LogP contribution in [0.2, 0.25) is 0 Å². The van der Waals surface area contributed by atoms with Crippen molar-refractivity contribution < 1.29 is 18.8 Å². The van der Waals surface area contributed by atoms with Gasteiger partial charge in [0.1, 0.15) is 5.82 Å². The van der Waals surface area contributed by atoms with Gasteiger partial charge in [-0.1, -0.05) is 17.3 Å². The molecule has 1 aromatic carbocycles. The average Bonchev–Trinajstić information content (AvgIpc) is 2.96. The molecule has 0 fully saturated rings. The molecule has 1 heterocycles. The second-order valence-electron chi connectivity index (χ2n) is 5.61. The minimum atomic E-state index is -0.749. The molecule has 0 aromatic heterocycles. The third-order valence-corrected chi connectivity index (χ3v) is 3.22. The molecule has 2 amide bonds. The summed E-state index contributed by atoms with van der Waals surface area (Å²) in [5, 5.41) is 9.22. The van der Waals surface area contributed by atoms with Gasteiger partial charge in [-0.2, -0.15) is 0 Å². The summed E-state index contributed by atoms with van der Waals surface area (Å²) in [7, 11) is 0. The molecular formula is C16H20FN3O3. The molecule has 1 aliphatic heterocycles. The van der Waals surface area contributed by atoms with Crippen molar-refractivity contribution in [1.29, 1.82) is 0 Å². The number of benzene rings is 1. The van der Waals surface area contributed by atoms with Crippen molar-refractivity contribution in [2.24, 2.45) is 5.16 Å². The minimum absolute atomic E-state index is 0.0681. The van der Waals surface area contributed by atoms with E-state index in [1.807, 2.05) is 13.8 Å². The van der Waals surface area contributed by atoms with E-state index in [1.165, 1.54) is 12.1 Å². The first-order valence-corrected chi connectivity index (χ1v) is 7.51. The summed E-state index contributed by atoms with van der Waals surface area (Å²) >= 11 is 0. The lowest BCUT2D eigenvalue weighted by atomic mass is 10.0. The van der Waals surface area contributed by atoms with E-state index in [-0.39, 0.29) is 43.1 Å². The molecule has 1 atom stereocenters. The lowest BCUT2D eigenvalue weighted by molar-refractivity contribution is -0.131. The maximum atomic E-state index is 13.2. The van der Waals surface area contributed by atoms with Gasteiger partial charge >= 0.3 is 0 Å². The first kappa shape index (κ1) is 16.9. The third kappa shape index (κ3) is 5.05. The average molecular weight is 321 g/mol. The van der Waals surface area contributed by atoms with Crippen molar-refractivity contribution in [3.8, 4) is 0 Å². The van der Waals surface area contributed by atoms with Crippen LogP contribution in [0.1, 0.15) is 32.3 Å². The SMILES string of the molecule is CC(C)NC(=O)CCNC(=O)[C@H]1CC(c2cccc(F)c2)=NO1. The number of hydrogen-bond acceptors (Lipinski definition) is 4. The molecule has 2 rings (SSSR count). The van der Waals surface area contributed by atoms with Gasteiger partial charge in [0.05, 0.1) is 5.71 Å². The van der Waals surface area contributed by atoms with Gasteiger partial charge in [-0.3, -0.25) is 9.59 Å². The molecule has 7 heteroatoms. The Morgan fingerprint density at radius 2 is 2.22 bits per heavy atom.